The molecule has 0 aromatic heterocycles. The van der Waals surface area contributed by atoms with Gasteiger partial charge in [0.2, 0.25) is 0 Å². The number of hydrogen-bond donors (Lipinski definition) is 2. The Morgan fingerprint density at radius 3 is 2.05 bits per heavy atom. The molecule has 0 radical (unpaired) electrons. The second-order valence-electron chi connectivity index (χ2n) is 3.93. The van der Waals surface area contributed by atoms with Gasteiger partial charge in [-0.05, 0) is 6.92 Å². The molecule has 0 aliphatic heterocycles. The topological polar surface area (TPSA) is 83.5 Å². The largest absolute Gasteiger partial charge is 0.506 e. The average Bonchev–Trinajstić information content (AvgIpc) is 2.38. The first-order valence-electron chi connectivity index (χ1n) is 5.56. The number of carbonyl (C=O) groups excluding carboxylic acids is 3. The van der Waals surface area contributed by atoms with Gasteiger partial charge in [0, 0.05) is 5.56 Å². The Balaban J connectivity index is 3.17. The minimum Gasteiger partial charge on any atom is -0.506 e. The molecule has 5 nitrogen and oxygen atoms in total. The number of aliphatic hydroxyl groups is 1. The van der Waals surface area contributed by atoms with Crippen LogP contribution in [0.2, 0.25) is 0 Å². The molecular formula is C13H10Cl3NO4. The number of hydrogen-bond acceptors (Lipinski definition) is 4. The fourth-order valence-corrected chi connectivity index (χ4v) is 1.55. The van der Waals surface area contributed by atoms with Gasteiger partial charge < -0.3 is 5.11 Å². The van der Waals surface area contributed by atoms with Crippen molar-refractivity contribution in [3.8, 4) is 0 Å². The van der Waals surface area contributed by atoms with Gasteiger partial charge in [0.1, 0.15) is 11.3 Å². The fourth-order valence-electron chi connectivity index (χ4n) is 1.41. The number of amides is 2. The lowest BCUT2D eigenvalue weighted by Gasteiger charge is -2.12. The lowest BCUT2D eigenvalue weighted by Crippen LogP contribution is -2.40. The maximum absolute atomic E-state index is 11.9. The number of aliphatic hydroxyl groups excluding tert-OH is 1. The van der Waals surface area contributed by atoms with E-state index in [1.165, 1.54) is 12.1 Å². The highest BCUT2D eigenvalue weighted by Gasteiger charge is 2.34. The number of halogens is 3. The summed E-state index contributed by atoms with van der Waals surface area (Å²) in [5.74, 6) is -3.69. The second kappa shape index (κ2) is 6.93. The molecular weight excluding hydrogens is 341 g/mol. The highest BCUT2D eigenvalue weighted by Crippen LogP contribution is 2.26. The summed E-state index contributed by atoms with van der Waals surface area (Å²) >= 11 is 15.9. The molecule has 0 fully saturated rings. The van der Waals surface area contributed by atoms with Crippen molar-refractivity contribution in [3.63, 3.8) is 0 Å². The van der Waals surface area contributed by atoms with Crippen LogP contribution >= 0.6 is 34.8 Å². The minimum atomic E-state index is -2.36. The molecule has 0 saturated carbocycles. The van der Waals surface area contributed by atoms with E-state index in [2.05, 4.69) is 0 Å². The Morgan fingerprint density at radius 1 is 1.10 bits per heavy atom. The molecule has 112 valence electrons. The Bertz CT molecular complexity index is 606. The maximum atomic E-state index is 11.9. The van der Waals surface area contributed by atoms with Crippen LogP contribution in [0, 0.1) is 0 Å². The van der Waals surface area contributed by atoms with Crippen LogP contribution in [-0.4, -0.2) is 26.5 Å². The summed E-state index contributed by atoms with van der Waals surface area (Å²) in [6.07, 6.45) is 0. The van der Waals surface area contributed by atoms with E-state index in [9.17, 15) is 19.5 Å². The highest BCUT2D eigenvalue weighted by molar-refractivity contribution is 6.76. The zero-order valence-corrected chi connectivity index (χ0v) is 13.0. The lowest BCUT2D eigenvalue weighted by atomic mass is 10.0. The Morgan fingerprint density at radius 2 is 1.62 bits per heavy atom. The molecule has 0 heterocycles. The van der Waals surface area contributed by atoms with Gasteiger partial charge in [-0.1, -0.05) is 65.1 Å². The monoisotopic (exact) mass is 349 g/mol. The fraction of sp³-hybridized carbons (Fsp3) is 0.154. The third kappa shape index (κ3) is 4.74. The molecule has 0 spiro atoms. The minimum absolute atomic E-state index is 0.235. The van der Waals surface area contributed by atoms with Gasteiger partial charge in [0.25, 0.3) is 15.6 Å². The SMILES string of the molecule is CC(=O)/C(C(=O)NC(=O)C(Cl)(Cl)Cl)=C(/O)c1ccccc1. The van der Waals surface area contributed by atoms with Crippen LogP contribution < -0.4 is 5.32 Å². The molecule has 1 aromatic rings. The Kier molecular flexibility index (Phi) is 5.78. The van der Waals surface area contributed by atoms with E-state index < -0.39 is 32.7 Å². The van der Waals surface area contributed by atoms with Gasteiger partial charge in [0.05, 0.1) is 0 Å². The number of nitrogens with one attached hydrogen (secondary N) is 1. The Labute approximate surface area is 135 Å². The molecule has 1 aromatic carbocycles. The third-order valence-corrected chi connectivity index (χ3v) is 2.86. The van der Waals surface area contributed by atoms with Gasteiger partial charge in [-0.2, -0.15) is 0 Å². The summed E-state index contributed by atoms with van der Waals surface area (Å²) in [5.41, 5.74) is -0.372. The van der Waals surface area contributed by atoms with Crippen molar-refractivity contribution >= 4 is 58.2 Å². The molecule has 8 heteroatoms. The van der Waals surface area contributed by atoms with Crippen molar-refractivity contribution in [2.75, 3.05) is 0 Å². The number of Topliss-reactive ketones (excluding diaryl/α,β-unsaturated/α-hetero) is 1. The first-order chi connectivity index (χ1) is 9.64. The van der Waals surface area contributed by atoms with Crippen molar-refractivity contribution in [2.24, 2.45) is 0 Å². The van der Waals surface area contributed by atoms with Crippen LogP contribution in [-0.2, 0) is 14.4 Å². The summed E-state index contributed by atoms with van der Waals surface area (Å²) in [5, 5.41) is 11.8. The van der Waals surface area contributed by atoms with Crippen molar-refractivity contribution < 1.29 is 19.5 Å². The van der Waals surface area contributed by atoms with E-state index in [4.69, 9.17) is 34.8 Å². The van der Waals surface area contributed by atoms with E-state index in [0.29, 0.717) is 0 Å². The molecule has 21 heavy (non-hydrogen) atoms. The zero-order chi connectivity index (χ0) is 16.2. The predicted octanol–water partition coefficient (Wildman–Crippen LogP) is 2.56. The highest BCUT2D eigenvalue weighted by atomic mass is 35.6. The van der Waals surface area contributed by atoms with E-state index >= 15 is 0 Å². The predicted molar refractivity (Wildman–Crippen MR) is 80.1 cm³/mol. The third-order valence-electron chi connectivity index (χ3n) is 2.35. The number of imide groups is 1. The first kappa shape index (κ1) is 17.5. The van der Waals surface area contributed by atoms with Crippen molar-refractivity contribution in [1.29, 1.82) is 0 Å². The normalized spacial score (nSPS) is 12.4. The molecule has 0 aliphatic rings. The van der Waals surface area contributed by atoms with Gasteiger partial charge in [0.15, 0.2) is 5.78 Å². The van der Waals surface area contributed by atoms with Gasteiger partial charge in [-0.25, -0.2) is 0 Å². The molecule has 0 unspecified atom stereocenters. The molecule has 0 aliphatic carbocycles. The van der Waals surface area contributed by atoms with Crippen LogP contribution in [0.4, 0.5) is 0 Å². The average molecular weight is 351 g/mol. The van der Waals surface area contributed by atoms with E-state index in [0.717, 1.165) is 6.92 Å². The molecule has 2 N–H and O–H groups in total. The zero-order valence-electron chi connectivity index (χ0n) is 10.7. The van der Waals surface area contributed by atoms with Gasteiger partial charge in [-0.15, -0.1) is 0 Å². The molecule has 0 atom stereocenters. The van der Waals surface area contributed by atoms with Crippen LogP contribution in [0.15, 0.2) is 35.9 Å². The maximum Gasteiger partial charge on any atom is 0.278 e. The summed E-state index contributed by atoms with van der Waals surface area (Å²) in [7, 11) is 0. The smallest absolute Gasteiger partial charge is 0.278 e. The van der Waals surface area contributed by atoms with Gasteiger partial charge in [-0.3, -0.25) is 19.7 Å². The number of alkyl halides is 3. The van der Waals surface area contributed by atoms with Crippen LogP contribution in [0.3, 0.4) is 0 Å². The van der Waals surface area contributed by atoms with Crippen molar-refractivity contribution in [2.45, 2.75) is 10.7 Å². The second-order valence-corrected chi connectivity index (χ2v) is 6.21. The number of rotatable bonds is 3. The van der Waals surface area contributed by atoms with Crippen LogP contribution in [0.5, 0.6) is 0 Å². The van der Waals surface area contributed by atoms with Crippen molar-refractivity contribution in [1.82, 2.24) is 5.32 Å². The van der Waals surface area contributed by atoms with Crippen LogP contribution in [0.1, 0.15) is 12.5 Å². The van der Waals surface area contributed by atoms with E-state index in [-0.39, 0.29) is 5.56 Å². The molecule has 2 amide bonds. The Hall–Kier alpha value is -1.56. The summed E-state index contributed by atoms with van der Waals surface area (Å²) in [6, 6.07) is 7.88. The molecule has 0 saturated heterocycles. The molecule has 0 bridgehead atoms. The summed E-state index contributed by atoms with van der Waals surface area (Å²) < 4.78 is -2.36. The van der Waals surface area contributed by atoms with Crippen LogP contribution in [0.25, 0.3) is 5.76 Å². The molecule has 1 rings (SSSR count). The summed E-state index contributed by atoms with van der Waals surface area (Å²) in [6.45, 7) is 1.06. The van der Waals surface area contributed by atoms with Gasteiger partial charge >= 0.3 is 0 Å². The number of carbonyl (C=O) groups is 3. The first-order valence-corrected chi connectivity index (χ1v) is 6.70. The lowest BCUT2D eigenvalue weighted by molar-refractivity contribution is -0.128. The number of benzene rings is 1. The van der Waals surface area contributed by atoms with Crippen molar-refractivity contribution in [3.05, 3.63) is 41.5 Å². The quantitative estimate of drug-likeness (QED) is 0.288. The van der Waals surface area contributed by atoms with E-state index in [1.807, 2.05) is 0 Å². The standard InChI is InChI=1S/C13H10Cl3NO4/c1-7(18)9(10(19)8-5-3-2-4-6-8)11(20)17-12(21)13(14,15)16/h2-6,19H,1H3,(H,17,20,21)/b10-9-. The summed E-state index contributed by atoms with van der Waals surface area (Å²) in [4.78, 5) is 34.9. The van der Waals surface area contributed by atoms with E-state index in [1.54, 1.807) is 23.5 Å². The number of ketones is 1.